The first kappa shape index (κ1) is 16.4. The Bertz CT molecular complexity index is 973. The predicted octanol–water partition coefficient (Wildman–Crippen LogP) is 2.00. The van der Waals surface area contributed by atoms with Gasteiger partial charge in [-0.15, -0.1) is 0 Å². The van der Waals surface area contributed by atoms with Crippen LogP contribution in [0.15, 0.2) is 76.4 Å². The molecule has 2 N–H and O–H groups in total. The maximum Gasteiger partial charge on any atom is 0.336 e. The first-order chi connectivity index (χ1) is 12.1. The van der Waals surface area contributed by atoms with Crippen molar-refractivity contribution in [1.29, 1.82) is 0 Å². The highest BCUT2D eigenvalue weighted by atomic mass is 16.2. The Morgan fingerprint density at radius 2 is 1.60 bits per heavy atom. The lowest BCUT2D eigenvalue weighted by Gasteiger charge is -2.07. The summed E-state index contributed by atoms with van der Waals surface area (Å²) in [5.41, 5.74) is 2.08. The second kappa shape index (κ2) is 7.44. The van der Waals surface area contributed by atoms with Gasteiger partial charge in [-0.3, -0.25) is 9.78 Å². The van der Waals surface area contributed by atoms with E-state index in [-0.39, 0.29) is 0 Å². The number of carbonyl (C=O) groups excluding carboxylic acids is 1. The summed E-state index contributed by atoms with van der Waals surface area (Å²) in [4.78, 5) is 36.5. The Hall–Kier alpha value is -3.41. The molecule has 2 aromatic carbocycles. The quantitative estimate of drug-likeness (QED) is 0.765. The molecule has 3 aromatic rings. The van der Waals surface area contributed by atoms with Gasteiger partial charge in [-0.05, 0) is 23.1 Å². The van der Waals surface area contributed by atoms with Gasteiger partial charge in [0, 0.05) is 18.8 Å². The van der Waals surface area contributed by atoms with Crippen molar-refractivity contribution in [2.45, 2.75) is 6.42 Å². The monoisotopic (exact) mass is 335 g/mol. The zero-order valence-corrected chi connectivity index (χ0v) is 13.4. The molecule has 0 radical (unpaired) electrons. The lowest BCUT2D eigenvalue weighted by molar-refractivity contribution is 0.241. The molecule has 25 heavy (non-hydrogen) atoms. The van der Waals surface area contributed by atoms with Gasteiger partial charge in [0.05, 0.1) is 0 Å². The van der Waals surface area contributed by atoms with Crippen LogP contribution in [0.2, 0.25) is 0 Å². The van der Waals surface area contributed by atoms with Gasteiger partial charge in [0.2, 0.25) is 0 Å². The smallest absolute Gasteiger partial charge is 0.336 e. The van der Waals surface area contributed by atoms with Crippen molar-refractivity contribution in [3.8, 4) is 11.1 Å². The van der Waals surface area contributed by atoms with Crippen molar-refractivity contribution < 1.29 is 4.79 Å². The van der Waals surface area contributed by atoms with Gasteiger partial charge in [-0.2, -0.15) is 0 Å². The topological polar surface area (TPSA) is 84.0 Å². The van der Waals surface area contributed by atoms with E-state index in [1.54, 1.807) is 0 Å². The molecule has 0 unspecified atom stereocenters. The fourth-order valence-electron chi connectivity index (χ4n) is 2.47. The minimum Gasteiger partial charge on any atom is -0.337 e. The average molecular weight is 335 g/mol. The Labute approximate surface area is 143 Å². The molecule has 0 fully saturated rings. The number of benzene rings is 2. The van der Waals surface area contributed by atoms with Gasteiger partial charge in [-0.25, -0.2) is 14.2 Å². The van der Waals surface area contributed by atoms with Gasteiger partial charge < -0.3 is 5.32 Å². The molecule has 0 aliphatic heterocycles. The van der Waals surface area contributed by atoms with Crippen molar-refractivity contribution in [1.82, 2.24) is 14.9 Å². The molecule has 0 saturated carbocycles. The SMILES string of the molecule is O=C(NCCc1ccc(-c2ccccc2)cc1)n1ccc(=O)[nH]c1=O. The van der Waals surface area contributed by atoms with Gasteiger partial charge in [0.25, 0.3) is 5.56 Å². The summed E-state index contributed by atoms with van der Waals surface area (Å²) in [5.74, 6) is 0. The number of aromatic amines is 1. The molecule has 1 aromatic heterocycles. The average Bonchev–Trinajstić information content (AvgIpc) is 2.63. The third-order valence-corrected chi connectivity index (χ3v) is 3.79. The van der Waals surface area contributed by atoms with Crippen molar-refractivity contribution in [3.05, 3.63) is 93.3 Å². The number of nitrogens with zero attached hydrogens (tertiary/aromatic N) is 1. The minimum atomic E-state index is -0.753. The zero-order chi connectivity index (χ0) is 17.6. The number of nitrogens with one attached hydrogen (secondary N) is 2. The number of H-pyrrole nitrogens is 1. The molecule has 0 bridgehead atoms. The molecular weight excluding hydrogens is 318 g/mol. The Balaban J connectivity index is 1.58. The van der Waals surface area contributed by atoms with Crippen LogP contribution in [0, 0.1) is 0 Å². The molecule has 0 saturated heterocycles. The maximum absolute atomic E-state index is 11.9. The molecule has 0 aliphatic carbocycles. The summed E-state index contributed by atoms with van der Waals surface area (Å²) in [6.45, 7) is 0.384. The predicted molar refractivity (Wildman–Crippen MR) is 95.7 cm³/mol. The zero-order valence-electron chi connectivity index (χ0n) is 13.4. The van der Waals surface area contributed by atoms with Crippen LogP contribution in [0.4, 0.5) is 4.79 Å². The Morgan fingerprint density at radius 1 is 0.920 bits per heavy atom. The van der Waals surface area contributed by atoms with Crippen LogP contribution in [0.25, 0.3) is 11.1 Å². The lowest BCUT2D eigenvalue weighted by atomic mass is 10.0. The van der Waals surface area contributed by atoms with E-state index in [4.69, 9.17) is 0 Å². The van der Waals surface area contributed by atoms with Crippen molar-refractivity contribution in [3.63, 3.8) is 0 Å². The highest BCUT2D eigenvalue weighted by Gasteiger charge is 2.06. The Kier molecular flexibility index (Phi) is 4.89. The summed E-state index contributed by atoms with van der Waals surface area (Å²) in [6.07, 6.45) is 1.80. The van der Waals surface area contributed by atoms with E-state index in [0.29, 0.717) is 13.0 Å². The van der Waals surface area contributed by atoms with Gasteiger partial charge in [-0.1, -0.05) is 54.6 Å². The molecule has 6 nitrogen and oxygen atoms in total. The number of amides is 1. The number of hydrogen-bond donors (Lipinski definition) is 2. The maximum atomic E-state index is 11.9. The standard InChI is InChI=1S/C19H17N3O3/c23-17-11-13-22(19(25)21-17)18(24)20-12-10-14-6-8-16(9-7-14)15-4-2-1-3-5-15/h1-9,11,13H,10,12H2,(H,20,24)(H,21,23,25). The number of hydrogen-bond acceptors (Lipinski definition) is 3. The minimum absolute atomic E-state index is 0.384. The second-order valence-electron chi connectivity index (χ2n) is 5.53. The van der Waals surface area contributed by atoms with Crippen LogP contribution in [0.5, 0.6) is 0 Å². The number of aromatic nitrogens is 2. The molecule has 126 valence electrons. The third kappa shape index (κ3) is 4.11. The molecule has 1 amide bonds. The fourth-order valence-corrected chi connectivity index (χ4v) is 2.47. The van der Waals surface area contributed by atoms with Crippen molar-refractivity contribution in [2.75, 3.05) is 6.54 Å². The summed E-state index contributed by atoms with van der Waals surface area (Å²) in [7, 11) is 0. The first-order valence-corrected chi connectivity index (χ1v) is 7.88. The summed E-state index contributed by atoms with van der Waals surface area (Å²) in [5, 5.41) is 2.66. The molecule has 6 heteroatoms. The van der Waals surface area contributed by atoms with Crippen LogP contribution in [-0.4, -0.2) is 22.1 Å². The van der Waals surface area contributed by atoms with E-state index >= 15 is 0 Å². The van der Waals surface area contributed by atoms with E-state index < -0.39 is 17.3 Å². The van der Waals surface area contributed by atoms with E-state index in [1.165, 1.54) is 0 Å². The normalized spacial score (nSPS) is 10.4. The molecule has 0 spiro atoms. The second-order valence-corrected chi connectivity index (χ2v) is 5.53. The fraction of sp³-hybridized carbons (Fsp3) is 0.105. The Morgan fingerprint density at radius 3 is 2.28 bits per heavy atom. The highest BCUT2D eigenvalue weighted by Crippen LogP contribution is 2.19. The highest BCUT2D eigenvalue weighted by molar-refractivity contribution is 5.76. The molecule has 0 aliphatic rings. The molecular formula is C19H17N3O3. The van der Waals surface area contributed by atoms with E-state index in [1.807, 2.05) is 47.4 Å². The molecule has 0 atom stereocenters. The third-order valence-electron chi connectivity index (χ3n) is 3.79. The summed E-state index contributed by atoms with van der Waals surface area (Å²) < 4.78 is 0.833. The molecule has 3 rings (SSSR count). The van der Waals surface area contributed by atoms with Crippen molar-refractivity contribution in [2.24, 2.45) is 0 Å². The van der Waals surface area contributed by atoms with Crippen LogP contribution in [0.3, 0.4) is 0 Å². The van der Waals surface area contributed by atoms with Crippen LogP contribution >= 0.6 is 0 Å². The largest absolute Gasteiger partial charge is 0.337 e. The lowest BCUT2D eigenvalue weighted by Crippen LogP contribution is -2.40. The van der Waals surface area contributed by atoms with Gasteiger partial charge >= 0.3 is 11.7 Å². The van der Waals surface area contributed by atoms with E-state index in [9.17, 15) is 14.4 Å². The molecule has 1 heterocycles. The van der Waals surface area contributed by atoms with E-state index in [2.05, 4.69) is 17.4 Å². The van der Waals surface area contributed by atoms with Gasteiger partial charge in [0.1, 0.15) is 0 Å². The number of carbonyl (C=O) groups is 1. The summed E-state index contributed by atoms with van der Waals surface area (Å²) in [6, 6.07) is 18.8. The summed E-state index contributed by atoms with van der Waals surface area (Å²) >= 11 is 0. The van der Waals surface area contributed by atoms with Crippen LogP contribution < -0.4 is 16.6 Å². The van der Waals surface area contributed by atoms with Crippen LogP contribution in [-0.2, 0) is 6.42 Å². The van der Waals surface area contributed by atoms with E-state index in [0.717, 1.165) is 33.5 Å². The first-order valence-electron chi connectivity index (χ1n) is 7.88. The van der Waals surface area contributed by atoms with Crippen molar-refractivity contribution >= 4 is 6.03 Å². The van der Waals surface area contributed by atoms with Crippen LogP contribution in [0.1, 0.15) is 5.56 Å². The van der Waals surface area contributed by atoms with Gasteiger partial charge in [0.15, 0.2) is 0 Å². The number of rotatable bonds is 4.